The third kappa shape index (κ3) is 7.31. The van der Waals surface area contributed by atoms with Crippen LogP contribution in [0.5, 0.6) is 0 Å². The zero-order valence-electron chi connectivity index (χ0n) is 10.9. The highest BCUT2D eigenvalue weighted by molar-refractivity contribution is 5.71. The molecule has 1 aliphatic heterocycles. The number of hydrogen-bond donors (Lipinski definition) is 1. The summed E-state index contributed by atoms with van der Waals surface area (Å²) in [5, 5.41) is 3.30. The van der Waals surface area contributed by atoms with Crippen molar-refractivity contribution < 1.29 is 14.3 Å². The predicted molar refractivity (Wildman–Crippen MR) is 66.0 cm³/mol. The van der Waals surface area contributed by atoms with Crippen LogP contribution < -0.4 is 5.32 Å². The molecule has 0 aromatic heterocycles. The molecule has 1 aliphatic rings. The van der Waals surface area contributed by atoms with Gasteiger partial charge in [0.25, 0.3) is 0 Å². The molecule has 0 atom stereocenters. The molecule has 1 fully saturated rings. The van der Waals surface area contributed by atoms with Gasteiger partial charge in [0.05, 0.1) is 19.3 Å². The Morgan fingerprint density at radius 3 is 2.88 bits per heavy atom. The van der Waals surface area contributed by atoms with Crippen LogP contribution in [-0.2, 0) is 14.3 Å². The minimum absolute atomic E-state index is 0.153. The Morgan fingerprint density at radius 2 is 2.12 bits per heavy atom. The van der Waals surface area contributed by atoms with Gasteiger partial charge in [-0.2, -0.15) is 0 Å². The maximum Gasteiger partial charge on any atom is 0.320 e. The summed E-state index contributed by atoms with van der Waals surface area (Å²) in [6.45, 7) is 9.01. The van der Waals surface area contributed by atoms with Crippen LogP contribution in [0.4, 0.5) is 0 Å². The van der Waals surface area contributed by atoms with Gasteiger partial charge in [0, 0.05) is 13.1 Å². The number of ether oxygens (including phenoxy) is 2. The van der Waals surface area contributed by atoms with E-state index in [-0.39, 0.29) is 12.1 Å². The summed E-state index contributed by atoms with van der Waals surface area (Å²) in [7, 11) is 0. The first-order valence-electron chi connectivity index (χ1n) is 6.39. The fourth-order valence-corrected chi connectivity index (χ4v) is 1.73. The Morgan fingerprint density at radius 1 is 1.29 bits per heavy atom. The summed E-state index contributed by atoms with van der Waals surface area (Å²) >= 11 is 0. The second-order valence-electron chi connectivity index (χ2n) is 4.52. The number of carbonyl (C=O) groups excluding carboxylic acids is 1. The molecule has 100 valence electrons. The number of carbonyl (C=O) groups is 1. The van der Waals surface area contributed by atoms with E-state index < -0.39 is 0 Å². The Bertz CT molecular complexity index is 214. The molecule has 0 aliphatic carbocycles. The highest BCUT2D eigenvalue weighted by Crippen LogP contribution is 1.96. The van der Waals surface area contributed by atoms with Crippen molar-refractivity contribution in [1.29, 1.82) is 0 Å². The van der Waals surface area contributed by atoms with E-state index in [1.165, 1.54) is 0 Å². The summed E-state index contributed by atoms with van der Waals surface area (Å²) in [5.41, 5.74) is 0. The zero-order valence-corrected chi connectivity index (χ0v) is 10.9. The van der Waals surface area contributed by atoms with Crippen molar-refractivity contribution in [2.75, 3.05) is 45.9 Å². The summed E-state index contributed by atoms with van der Waals surface area (Å²) < 4.78 is 10.4. The molecule has 5 heteroatoms. The Labute approximate surface area is 103 Å². The van der Waals surface area contributed by atoms with Gasteiger partial charge in [-0.1, -0.05) is 0 Å². The lowest BCUT2D eigenvalue weighted by Gasteiger charge is -2.18. The smallest absolute Gasteiger partial charge is 0.320 e. The van der Waals surface area contributed by atoms with Gasteiger partial charge < -0.3 is 14.8 Å². The molecule has 0 saturated carbocycles. The van der Waals surface area contributed by atoms with Crippen molar-refractivity contribution >= 4 is 5.97 Å². The first-order valence-corrected chi connectivity index (χ1v) is 6.39. The van der Waals surface area contributed by atoms with E-state index >= 15 is 0 Å². The minimum atomic E-state index is -0.153. The number of nitrogens with zero attached hydrogens (tertiary/aromatic N) is 1. The maximum absolute atomic E-state index is 11.5. The summed E-state index contributed by atoms with van der Waals surface area (Å²) in [6.07, 6.45) is 1.27. The fourth-order valence-electron chi connectivity index (χ4n) is 1.73. The molecule has 0 aromatic rings. The van der Waals surface area contributed by atoms with Crippen molar-refractivity contribution in [2.45, 2.75) is 26.4 Å². The highest BCUT2D eigenvalue weighted by Gasteiger charge is 2.13. The molecule has 0 radical (unpaired) electrons. The van der Waals surface area contributed by atoms with Gasteiger partial charge in [-0.05, 0) is 33.4 Å². The normalized spacial score (nSPS) is 18.1. The minimum Gasteiger partial charge on any atom is -0.462 e. The third-order valence-electron chi connectivity index (χ3n) is 2.58. The standard InChI is InChI=1S/C12H24N2O3/c1-11(2)16-8-9-17-12(15)10-14-6-3-4-13-5-7-14/h11,13H,3-10H2,1-2H3. The molecule has 0 aromatic carbocycles. The van der Waals surface area contributed by atoms with E-state index in [0.29, 0.717) is 19.8 Å². The van der Waals surface area contributed by atoms with Crippen LogP contribution in [-0.4, -0.2) is 62.9 Å². The fraction of sp³-hybridized carbons (Fsp3) is 0.917. The Balaban J connectivity index is 2.07. The van der Waals surface area contributed by atoms with Gasteiger partial charge in [-0.15, -0.1) is 0 Å². The topological polar surface area (TPSA) is 50.8 Å². The van der Waals surface area contributed by atoms with Gasteiger partial charge >= 0.3 is 5.97 Å². The molecule has 1 saturated heterocycles. The number of hydrogen-bond acceptors (Lipinski definition) is 5. The summed E-state index contributed by atoms with van der Waals surface area (Å²) in [4.78, 5) is 13.7. The molecule has 0 bridgehead atoms. The van der Waals surface area contributed by atoms with E-state index in [9.17, 15) is 4.79 Å². The SMILES string of the molecule is CC(C)OCCOC(=O)CN1CCCNCC1. The summed E-state index contributed by atoms with van der Waals surface area (Å²) in [5.74, 6) is -0.153. The first kappa shape index (κ1) is 14.4. The second kappa shape index (κ2) is 8.44. The largest absolute Gasteiger partial charge is 0.462 e. The quantitative estimate of drug-likeness (QED) is 0.536. The monoisotopic (exact) mass is 244 g/mol. The van der Waals surface area contributed by atoms with Crippen LogP contribution in [0.15, 0.2) is 0 Å². The van der Waals surface area contributed by atoms with Gasteiger partial charge in [-0.25, -0.2) is 0 Å². The highest BCUT2D eigenvalue weighted by atomic mass is 16.6. The number of esters is 1. The third-order valence-corrected chi connectivity index (χ3v) is 2.58. The lowest BCUT2D eigenvalue weighted by Crippen LogP contribution is -2.34. The molecule has 5 nitrogen and oxygen atoms in total. The molecule has 1 N–H and O–H groups in total. The number of nitrogens with one attached hydrogen (secondary N) is 1. The second-order valence-corrected chi connectivity index (χ2v) is 4.52. The zero-order chi connectivity index (χ0) is 12.5. The van der Waals surface area contributed by atoms with Crippen LogP contribution in [0.2, 0.25) is 0 Å². The van der Waals surface area contributed by atoms with Crippen molar-refractivity contribution in [1.82, 2.24) is 10.2 Å². The lowest BCUT2D eigenvalue weighted by atomic mass is 10.4. The average molecular weight is 244 g/mol. The van der Waals surface area contributed by atoms with Crippen LogP contribution in [0.25, 0.3) is 0 Å². The van der Waals surface area contributed by atoms with E-state index in [1.807, 2.05) is 13.8 Å². The van der Waals surface area contributed by atoms with Crippen molar-refractivity contribution in [2.24, 2.45) is 0 Å². The number of rotatable bonds is 6. The predicted octanol–water partition coefficient (Wildman–Crippen LogP) is 0.250. The van der Waals surface area contributed by atoms with E-state index in [4.69, 9.17) is 9.47 Å². The molecule has 0 spiro atoms. The van der Waals surface area contributed by atoms with Gasteiger partial charge in [0.15, 0.2) is 0 Å². The molecule has 0 amide bonds. The molecular formula is C12H24N2O3. The van der Waals surface area contributed by atoms with Gasteiger partial charge in [0.1, 0.15) is 6.61 Å². The van der Waals surface area contributed by atoms with Crippen LogP contribution >= 0.6 is 0 Å². The van der Waals surface area contributed by atoms with Gasteiger partial charge in [0.2, 0.25) is 0 Å². The van der Waals surface area contributed by atoms with Crippen molar-refractivity contribution in [3.05, 3.63) is 0 Å². The molecule has 0 unspecified atom stereocenters. The molecule has 1 rings (SSSR count). The van der Waals surface area contributed by atoms with Gasteiger partial charge in [-0.3, -0.25) is 9.69 Å². The maximum atomic E-state index is 11.5. The summed E-state index contributed by atoms with van der Waals surface area (Å²) in [6, 6.07) is 0. The van der Waals surface area contributed by atoms with E-state index in [1.54, 1.807) is 0 Å². The lowest BCUT2D eigenvalue weighted by molar-refractivity contribution is -0.146. The van der Waals surface area contributed by atoms with Crippen LogP contribution in [0.3, 0.4) is 0 Å². The Hall–Kier alpha value is -0.650. The van der Waals surface area contributed by atoms with E-state index in [0.717, 1.165) is 32.6 Å². The van der Waals surface area contributed by atoms with Crippen LogP contribution in [0, 0.1) is 0 Å². The Kier molecular flexibility index (Phi) is 7.16. The molecule has 1 heterocycles. The molecular weight excluding hydrogens is 220 g/mol. The average Bonchev–Trinajstić information content (AvgIpc) is 2.53. The van der Waals surface area contributed by atoms with Crippen molar-refractivity contribution in [3.8, 4) is 0 Å². The molecule has 17 heavy (non-hydrogen) atoms. The first-order chi connectivity index (χ1) is 8.18. The van der Waals surface area contributed by atoms with Crippen LogP contribution in [0.1, 0.15) is 20.3 Å². The van der Waals surface area contributed by atoms with Crippen molar-refractivity contribution in [3.63, 3.8) is 0 Å². The van der Waals surface area contributed by atoms with E-state index in [2.05, 4.69) is 10.2 Å².